The summed E-state index contributed by atoms with van der Waals surface area (Å²) < 4.78 is 64.0. The summed E-state index contributed by atoms with van der Waals surface area (Å²) in [6, 6.07) is 0. The number of unbranched alkanes of at least 4 members (excludes halogenated alkanes) is 15. The maximum absolute atomic E-state index is 9.08. The second kappa shape index (κ2) is 26.5. The molecule has 0 spiro atoms. The molecule has 44 heavy (non-hydrogen) atoms. The Morgan fingerprint density at radius 3 is 1.09 bits per heavy atom. The molecule has 258 valence electrons. The van der Waals surface area contributed by atoms with Crippen LogP contribution in [0.25, 0.3) is 0 Å². The quantitative estimate of drug-likeness (QED) is 0.0821. The summed E-state index contributed by atoms with van der Waals surface area (Å²) in [5, 5.41) is 0. The Morgan fingerprint density at radius 2 is 0.773 bits per heavy atom. The first-order valence-electron chi connectivity index (χ1n) is 16.7. The molecule has 2 heterocycles. The van der Waals surface area contributed by atoms with Gasteiger partial charge >= 0.3 is 0 Å². The minimum absolute atomic E-state index is 0.604. The molecule has 0 bridgehead atoms. The van der Waals surface area contributed by atoms with Crippen LogP contribution in [0.3, 0.4) is 0 Å². The van der Waals surface area contributed by atoms with E-state index in [9.17, 15) is 0 Å². The van der Waals surface area contributed by atoms with Crippen LogP contribution in [0.5, 0.6) is 0 Å². The van der Waals surface area contributed by atoms with Gasteiger partial charge in [-0.2, -0.15) is 0 Å². The lowest BCUT2D eigenvalue weighted by Crippen LogP contribution is -2.30. The average Bonchev–Trinajstić information content (AvgIpc) is 3.57. The second-order valence-corrected chi connectivity index (χ2v) is 14.7. The van der Waals surface area contributed by atoms with Gasteiger partial charge in [0.1, 0.15) is 24.8 Å². The van der Waals surface area contributed by atoms with Gasteiger partial charge in [-0.25, -0.2) is 35.1 Å². The van der Waals surface area contributed by atoms with Crippen LogP contribution in [0.4, 0.5) is 0 Å². The standard InChI is InChI=1S/C30H56N4.2CH4O3S/c1-3-5-7-13-17-21-31-25-27-33(29-31)23-19-15-11-9-10-12-16-20-24-34-28-26-32(30-34)22-18-14-8-6-4-2;2*1-5(2,3)4/h25-30H,3-24H2,1-2H3;2*1H3,(H,2,3,4)/q+2;;/p-2. The van der Waals surface area contributed by atoms with Crippen LogP contribution in [-0.4, -0.2) is 47.6 Å². The number of aryl methyl sites for hydroxylation is 4. The van der Waals surface area contributed by atoms with Crippen LogP contribution in [-0.2, 0) is 46.4 Å². The molecule has 10 nitrogen and oxygen atoms in total. The number of rotatable bonds is 23. The van der Waals surface area contributed by atoms with Crippen LogP contribution < -0.4 is 9.13 Å². The lowest BCUT2D eigenvalue weighted by Gasteiger charge is -2.02. The maximum atomic E-state index is 9.08. The highest BCUT2D eigenvalue weighted by atomic mass is 32.2. The molecule has 0 aliphatic carbocycles. The molecule has 0 saturated heterocycles. The van der Waals surface area contributed by atoms with E-state index in [1.165, 1.54) is 142 Å². The predicted molar refractivity (Wildman–Crippen MR) is 175 cm³/mol. The van der Waals surface area contributed by atoms with Gasteiger partial charge in [0.2, 0.25) is 12.7 Å². The lowest BCUT2D eigenvalue weighted by molar-refractivity contribution is -0.697. The molecule has 0 atom stereocenters. The van der Waals surface area contributed by atoms with Gasteiger partial charge in [0.25, 0.3) is 0 Å². The van der Waals surface area contributed by atoms with Gasteiger partial charge in [-0.3, -0.25) is 0 Å². The number of hydrogen-bond donors (Lipinski definition) is 0. The molecule has 0 aromatic carbocycles. The largest absolute Gasteiger partial charge is 0.748 e. The van der Waals surface area contributed by atoms with E-state index >= 15 is 0 Å². The van der Waals surface area contributed by atoms with Crippen molar-refractivity contribution in [3.63, 3.8) is 0 Å². The number of hydrogen-bond acceptors (Lipinski definition) is 6. The third-order valence-electron chi connectivity index (χ3n) is 7.11. The van der Waals surface area contributed by atoms with E-state index in [0.29, 0.717) is 12.5 Å². The zero-order valence-electron chi connectivity index (χ0n) is 28.1. The highest BCUT2D eigenvalue weighted by Crippen LogP contribution is 2.10. The Bertz CT molecular complexity index is 1040. The van der Waals surface area contributed by atoms with E-state index in [1.54, 1.807) is 0 Å². The molecule has 0 unspecified atom stereocenters. The van der Waals surface area contributed by atoms with Crippen molar-refractivity contribution in [3.8, 4) is 0 Å². The molecule has 0 fully saturated rings. The summed E-state index contributed by atoms with van der Waals surface area (Å²) in [5.74, 6) is 0. The summed E-state index contributed by atoms with van der Waals surface area (Å²) in [6.45, 7) is 9.29. The van der Waals surface area contributed by atoms with E-state index in [4.69, 9.17) is 25.9 Å². The molecule has 2 aromatic rings. The van der Waals surface area contributed by atoms with Crippen molar-refractivity contribution in [2.45, 2.75) is 156 Å². The Hall–Kier alpha value is -1.76. The molecular formula is C32H62N4O6S2. The molecular weight excluding hydrogens is 601 g/mol. The van der Waals surface area contributed by atoms with Gasteiger partial charge in [0.15, 0.2) is 0 Å². The Morgan fingerprint density at radius 1 is 0.500 bits per heavy atom. The normalized spacial score (nSPS) is 11.5. The van der Waals surface area contributed by atoms with E-state index in [0.717, 1.165) is 0 Å². The zero-order valence-corrected chi connectivity index (χ0v) is 29.7. The molecule has 12 heteroatoms. The van der Waals surface area contributed by atoms with Crippen molar-refractivity contribution in [2.75, 3.05) is 12.5 Å². The average molecular weight is 663 g/mol. The highest BCUT2D eigenvalue weighted by Gasteiger charge is 2.05. The van der Waals surface area contributed by atoms with E-state index in [2.05, 4.69) is 69.6 Å². The molecule has 0 aliphatic rings. The Kier molecular flexibility index (Phi) is 25.4. The first kappa shape index (κ1) is 42.2. The van der Waals surface area contributed by atoms with Crippen molar-refractivity contribution in [2.24, 2.45) is 0 Å². The summed E-state index contributed by atoms with van der Waals surface area (Å²) >= 11 is 0. The summed E-state index contributed by atoms with van der Waals surface area (Å²) in [5.41, 5.74) is 0. The van der Waals surface area contributed by atoms with Crippen molar-refractivity contribution < 1.29 is 35.1 Å². The van der Waals surface area contributed by atoms with Gasteiger partial charge in [-0.05, 0) is 51.4 Å². The van der Waals surface area contributed by atoms with Crippen molar-refractivity contribution in [3.05, 3.63) is 37.4 Å². The van der Waals surface area contributed by atoms with Crippen molar-refractivity contribution in [1.29, 1.82) is 0 Å². The maximum Gasteiger partial charge on any atom is 0.243 e. The molecule has 0 saturated carbocycles. The second-order valence-electron chi connectivity index (χ2n) is 11.8. The zero-order chi connectivity index (χ0) is 33.1. The molecule has 0 aliphatic heterocycles. The van der Waals surface area contributed by atoms with Gasteiger partial charge < -0.3 is 9.11 Å². The van der Waals surface area contributed by atoms with Crippen LogP contribution in [0.15, 0.2) is 37.4 Å². The van der Waals surface area contributed by atoms with Gasteiger partial charge in [-0.15, -0.1) is 0 Å². The fraction of sp³-hybridized carbons (Fsp3) is 0.812. The Labute approximate surface area is 269 Å². The molecule has 2 aromatic heterocycles. The molecule has 0 radical (unpaired) electrons. The SMILES string of the molecule is CCCCCCC[n+]1ccn(CCCCCCCCCCn2cc[n+](CCCCCCC)c2)c1.CS(=O)(=O)[O-].CS(=O)(=O)[O-]. The van der Waals surface area contributed by atoms with E-state index in [-0.39, 0.29) is 0 Å². The van der Waals surface area contributed by atoms with Crippen LogP contribution >= 0.6 is 0 Å². The van der Waals surface area contributed by atoms with Crippen LogP contribution in [0.1, 0.15) is 129 Å². The fourth-order valence-corrected chi connectivity index (χ4v) is 4.85. The number of nitrogens with zero attached hydrogens (tertiary/aromatic N) is 4. The first-order valence-corrected chi connectivity index (χ1v) is 20.4. The summed E-state index contributed by atoms with van der Waals surface area (Å²) in [7, 11) is -7.83. The minimum Gasteiger partial charge on any atom is -0.748 e. The van der Waals surface area contributed by atoms with E-state index in [1.807, 2.05) is 0 Å². The smallest absolute Gasteiger partial charge is 0.243 e. The summed E-state index contributed by atoms with van der Waals surface area (Å²) in [4.78, 5) is 0. The fourth-order valence-electron chi connectivity index (χ4n) is 4.85. The van der Waals surface area contributed by atoms with Crippen LogP contribution in [0.2, 0.25) is 0 Å². The first-order chi connectivity index (χ1) is 20.8. The van der Waals surface area contributed by atoms with Crippen molar-refractivity contribution >= 4 is 20.2 Å². The monoisotopic (exact) mass is 662 g/mol. The Balaban J connectivity index is 0.00000159. The lowest BCUT2D eigenvalue weighted by atomic mass is 10.1. The highest BCUT2D eigenvalue weighted by molar-refractivity contribution is 7.85. The van der Waals surface area contributed by atoms with Gasteiger partial charge in [0.05, 0.1) is 46.4 Å². The minimum atomic E-state index is -3.92. The third-order valence-corrected chi connectivity index (χ3v) is 7.11. The number of imidazole rings is 2. The molecule has 2 rings (SSSR count). The van der Waals surface area contributed by atoms with Crippen molar-refractivity contribution in [1.82, 2.24) is 9.13 Å². The van der Waals surface area contributed by atoms with Gasteiger partial charge in [0, 0.05) is 12.5 Å². The molecule has 0 amide bonds. The third kappa shape index (κ3) is 33.1. The predicted octanol–water partition coefficient (Wildman–Crippen LogP) is 5.95. The topological polar surface area (TPSA) is 132 Å². The van der Waals surface area contributed by atoms with Gasteiger partial charge in [-0.1, -0.05) is 78.1 Å². The molecule has 0 N–H and O–H groups in total. The van der Waals surface area contributed by atoms with E-state index < -0.39 is 20.2 Å². The number of aromatic nitrogens is 4. The van der Waals surface area contributed by atoms with Crippen LogP contribution in [0, 0.1) is 0 Å². The summed E-state index contributed by atoms with van der Waals surface area (Å²) in [6.07, 6.45) is 39.4.